The number of rotatable bonds is 6. The summed E-state index contributed by atoms with van der Waals surface area (Å²) in [5.74, 6) is -0.661. The molecule has 1 aromatic carbocycles. The number of benzene rings is 1. The maximum atomic E-state index is 12.9. The Morgan fingerprint density at radius 3 is 2.48 bits per heavy atom. The van der Waals surface area contributed by atoms with E-state index in [0.29, 0.717) is 18.4 Å². The summed E-state index contributed by atoms with van der Waals surface area (Å²) in [6.07, 6.45) is 4.95. The molecular weight excluding hydrogens is 362 g/mol. The number of nitrogens with zero attached hydrogens (tertiary/aromatic N) is 1. The fourth-order valence-corrected chi connectivity index (χ4v) is 5.08. The van der Waals surface area contributed by atoms with Gasteiger partial charge in [-0.3, -0.25) is 0 Å². The number of hydrogen-bond donors (Lipinski definition) is 2. The van der Waals surface area contributed by atoms with Crippen LogP contribution in [0.4, 0.5) is 0 Å². The minimum absolute atomic E-state index is 0.0393. The first kappa shape index (κ1) is 21.5. The molecule has 0 amide bonds. The maximum Gasteiger partial charge on any atom is 0.246 e. The number of phenols is 2. The molecule has 1 aromatic rings. The Morgan fingerprint density at radius 1 is 1.33 bits per heavy atom. The first-order valence-corrected chi connectivity index (χ1v) is 10.8. The summed E-state index contributed by atoms with van der Waals surface area (Å²) in [4.78, 5) is -0.0979. The van der Waals surface area contributed by atoms with Crippen LogP contribution >= 0.6 is 0 Å². The second-order valence-electron chi connectivity index (χ2n) is 7.71. The summed E-state index contributed by atoms with van der Waals surface area (Å²) < 4.78 is 26.9. The molecule has 2 atom stereocenters. The van der Waals surface area contributed by atoms with Crippen LogP contribution in [-0.4, -0.2) is 37.0 Å². The third-order valence-corrected chi connectivity index (χ3v) is 7.25. The van der Waals surface area contributed by atoms with Crippen LogP contribution in [0.15, 0.2) is 34.8 Å². The van der Waals surface area contributed by atoms with E-state index in [2.05, 4.69) is 6.58 Å². The molecule has 1 aliphatic rings. The molecule has 6 heteroatoms. The lowest BCUT2D eigenvalue weighted by Gasteiger charge is -2.32. The zero-order valence-electron chi connectivity index (χ0n) is 16.9. The summed E-state index contributed by atoms with van der Waals surface area (Å²) in [6, 6.07) is 1.50. The quantitative estimate of drug-likeness (QED) is 0.706. The van der Waals surface area contributed by atoms with Gasteiger partial charge in [0.05, 0.1) is 0 Å². The van der Waals surface area contributed by atoms with Gasteiger partial charge >= 0.3 is 0 Å². The molecule has 0 aliphatic heterocycles. The van der Waals surface area contributed by atoms with Gasteiger partial charge in [-0.05, 0) is 50.7 Å². The highest BCUT2D eigenvalue weighted by Crippen LogP contribution is 2.49. The van der Waals surface area contributed by atoms with Gasteiger partial charge in [-0.2, -0.15) is 0 Å². The highest BCUT2D eigenvalue weighted by Gasteiger charge is 2.35. The Balaban J connectivity index is 2.82. The van der Waals surface area contributed by atoms with Gasteiger partial charge in [0.1, 0.15) is 16.4 Å². The molecule has 0 heterocycles. The third-order valence-electron chi connectivity index (χ3n) is 5.32. The normalized spacial score (nSPS) is 20.6. The zero-order chi connectivity index (χ0) is 20.5. The molecule has 0 saturated carbocycles. The summed E-state index contributed by atoms with van der Waals surface area (Å²) >= 11 is 0. The zero-order valence-corrected chi connectivity index (χ0v) is 17.7. The van der Waals surface area contributed by atoms with Crippen molar-refractivity contribution >= 4 is 10.0 Å². The first-order chi connectivity index (χ1) is 12.5. The average Bonchev–Trinajstić information content (AvgIpc) is 2.54. The predicted molar refractivity (Wildman–Crippen MR) is 109 cm³/mol. The lowest BCUT2D eigenvalue weighted by atomic mass is 9.73. The molecule has 0 fully saturated rings. The van der Waals surface area contributed by atoms with Crippen molar-refractivity contribution in [1.82, 2.24) is 4.31 Å². The van der Waals surface area contributed by atoms with Crippen LogP contribution in [0.3, 0.4) is 0 Å². The van der Waals surface area contributed by atoms with E-state index in [1.807, 2.05) is 26.8 Å². The molecule has 0 radical (unpaired) electrons. The monoisotopic (exact) mass is 393 g/mol. The van der Waals surface area contributed by atoms with Crippen LogP contribution in [-0.2, 0) is 16.4 Å². The van der Waals surface area contributed by atoms with Crippen LogP contribution in [0, 0.1) is 5.92 Å². The van der Waals surface area contributed by atoms with E-state index < -0.39 is 10.0 Å². The van der Waals surface area contributed by atoms with Crippen LogP contribution in [0.2, 0.25) is 0 Å². The molecule has 0 unspecified atom stereocenters. The Labute approximate surface area is 163 Å². The van der Waals surface area contributed by atoms with Gasteiger partial charge in [0.15, 0.2) is 0 Å². The van der Waals surface area contributed by atoms with E-state index in [1.165, 1.54) is 20.2 Å². The number of aromatic hydroxyl groups is 2. The average molecular weight is 394 g/mol. The fourth-order valence-electron chi connectivity index (χ4n) is 3.86. The summed E-state index contributed by atoms with van der Waals surface area (Å²) in [6.45, 7) is 9.94. The second kappa shape index (κ2) is 8.07. The minimum Gasteiger partial charge on any atom is -0.507 e. The smallest absolute Gasteiger partial charge is 0.246 e. The van der Waals surface area contributed by atoms with Gasteiger partial charge in [0, 0.05) is 25.6 Å². The Morgan fingerprint density at radius 2 is 1.96 bits per heavy atom. The standard InChI is InChI=1S/C21H31NO4S/c1-7-8-15-12-18(23)19(20(24)21(15)27(25,26)22(5)6)17-11-14(4)9-10-16(17)13(2)3/h11-12,16-17,23-24H,2,7-10H2,1,3-6H3/t16-,17+/m0/s1. The van der Waals surface area contributed by atoms with Crippen molar-refractivity contribution in [3.63, 3.8) is 0 Å². The largest absolute Gasteiger partial charge is 0.507 e. The molecule has 0 bridgehead atoms. The van der Waals surface area contributed by atoms with E-state index in [-0.39, 0.29) is 33.8 Å². The van der Waals surface area contributed by atoms with Crippen LogP contribution < -0.4 is 0 Å². The van der Waals surface area contributed by atoms with Crippen LogP contribution in [0.1, 0.15) is 57.1 Å². The first-order valence-electron chi connectivity index (χ1n) is 9.35. The van der Waals surface area contributed by atoms with Gasteiger partial charge in [-0.1, -0.05) is 37.1 Å². The Bertz CT molecular complexity index is 869. The van der Waals surface area contributed by atoms with E-state index in [1.54, 1.807) is 0 Å². The SMILES string of the molecule is C=C(C)[C@@H]1CCC(C)=C[C@H]1c1c(O)cc(CCC)c(S(=O)(=O)N(C)C)c1O. The highest BCUT2D eigenvalue weighted by atomic mass is 32.2. The molecular formula is C21H31NO4S. The van der Waals surface area contributed by atoms with Gasteiger partial charge in [0.25, 0.3) is 0 Å². The summed E-state index contributed by atoms with van der Waals surface area (Å²) in [5, 5.41) is 21.8. The number of aryl methyl sites for hydroxylation is 1. The topological polar surface area (TPSA) is 77.8 Å². The lowest BCUT2D eigenvalue weighted by molar-refractivity contribution is 0.395. The van der Waals surface area contributed by atoms with Gasteiger partial charge < -0.3 is 10.2 Å². The molecule has 27 heavy (non-hydrogen) atoms. The molecule has 2 rings (SSSR count). The van der Waals surface area contributed by atoms with Crippen molar-refractivity contribution in [2.45, 2.75) is 57.3 Å². The molecule has 150 valence electrons. The van der Waals surface area contributed by atoms with Crippen molar-refractivity contribution < 1.29 is 18.6 Å². The van der Waals surface area contributed by atoms with Crippen molar-refractivity contribution in [3.8, 4) is 11.5 Å². The van der Waals surface area contributed by atoms with Crippen molar-refractivity contribution in [2.75, 3.05) is 14.1 Å². The van der Waals surface area contributed by atoms with Crippen molar-refractivity contribution in [2.24, 2.45) is 5.92 Å². The molecule has 0 saturated heterocycles. The second-order valence-corrected chi connectivity index (χ2v) is 9.80. The van der Waals surface area contributed by atoms with Crippen LogP contribution in [0.25, 0.3) is 0 Å². The number of allylic oxidation sites excluding steroid dienone is 3. The maximum absolute atomic E-state index is 12.9. The summed E-state index contributed by atoms with van der Waals surface area (Å²) in [5.41, 5.74) is 2.83. The number of sulfonamides is 1. The third kappa shape index (κ3) is 4.06. The van der Waals surface area contributed by atoms with E-state index >= 15 is 0 Å². The Hall–Kier alpha value is -1.79. The van der Waals surface area contributed by atoms with E-state index in [9.17, 15) is 18.6 Å². The van der Waals surface area contributed by atoms with Gasteiger partial charge in [-0.15, -0.1) is 0 Å². The minimum atomic E-state index is -3.86. The summed E-state index contributed by atoms with van der Waals surface area (Å²) in [7, 11) is -0.975. The predicted octanol–water partition coefficient (Wildman–Crippen LogP) is 4.32. The van der Waals surface area contributed by atoms with Crippen molar-refractivity contribution in [3.05, 3.63) is 41.0 Å². The molecule has 1 aliphatic carbocycles. The van der Waals surface area contributed by atoms with E-state index in [0.717, 1.165) is 28.3 Å². The lowest BCUT2D eigenvalue weighted by Crippen LogP contribution is -2.25. The van der Waals surface area contributed by atoms with Gasteiger partial charge in [-0.25, -0.2) is 12.7 Å². The molecule has 2 N–H and O–H groups in total. The van der Waals surface area contributed by atoms with Gasteiger partial charge in [0.2, 0.25) is 10.0 Å². The number of phenolic OH excluding ortho intramolecular Hbond substituents is 2. The van der Waals surface area contributed by atoms with E-state index in [4.69, 9.17) is 0 Å². The van der Waals surface area contributed by atoms with Crippen LogP contribution in [0.5, 0.6) is 11.5 Å². The highest BCUT2D eigenvalue weighted by molar-refractivity contribution is 7.89. The molecule has 0 spiro atoms. The Kier molecular flexibility index (Phi) is 6.43. The van der Waals surface area contributed by atoms with Crippen molar-refractivity contribution in [1.29, 1.82) is 0 Å². The molecule has 5 nitrogen and oxygen atoms in total. The number of hydrogen-bond acceptors (Lipinski definition) is 4. The molecule has 0 aromatic heterocycles. The fraction of sp³-hybridized carbons (Fsp3) is 0.524.